The minimum atomic E-state index is -0.927. The Morgan fingerprint density at radius 1 is 1.38 bits per heavy atom. The number of fused-ring (bicyclic) bond motifs is 1. The number of aliphatic hydroxyl groups is 1. The molecule has 1 atom stereocenters. The molecule has 2 rings (SSSR count). The number of rotatable bonds is 7. The van der Waals surface area contributed by atoms with E-state index in [0.29, 0.717) is 19.4 Å². The predicted molar refractivity (Wildman–Crippen MR) is 82.3 cm³/mol. The van der Waals surface area contributed by atoms with Gasteiger partial charge in [0.05, 0.1) is 12.0 Å². The average molecular weight is 291 g/mol. The summed E-state index contributed by atoms with van der Waals surface area (Å²) in [5, 5.41) is 12.9. The second-order valence-corrected chi connectivity index (χ2v) is 6.15. The first-order valence-corrected chi connectivity index (χ1v) is 7.59. The Bertz CT molecular complexity index is 497. The minimum absolute atomic E-state index is 0.0503. The fraction of sp³-hybridized carbons (Fsp3) is 0.588. The quantitative estimate of drug-likeness (QED) is 0.802. The van der Waals surface area contributed by atoms with Crippen molar-refractivity contribution in [3.63, 3.8) is 0 Å². The molecule has 0 aromatic heterocycles. The summed E-state index contributed by atoms with van der Waals surface area (Å²) in [5.74, 6) is -0.0503. The first-order chi connectivity index (χ1) is 10.00. The molecule has 0 radical (unpaired) electrons. The number of ether oxygens (including phenoxy) is 1. The van der Waals surface area contributed by atoms with Crippen LogP contribution < -0.4 is 5.32 Å². The summed E-state index contributed by atoms with van der Waals surface area (Å²) in [6, 6.07) is 6.32. The van der Waals surface area contributed by atoms with E-state index in [9.17, 15) is 9.90 Å². The number of hydrogen-bond donors (Lipinski definition) is 2. The lowest BCUT2D eigenvalue weighted by Crippen LogP contribution is -2.41. The molecule has 2 N–H and O–H groups in total. The van der Waals surface area contributed by atoms with Gasteiger partial charge in [0.15, 0.2) is 0 Å². The highest BCUT2D eigenvalue weighted by atomic mass is 16.5. The Labute approximate surface area is 126 Å². The molecule has 1 aliphatic carbocycles. The molecule has 0 bridgehead atoms. The van der Waals surface area contributed by atoms with Crippen molar-refractivity contribution in [2.45, 2.75) is 44.6 Å². The zero-order valence-electron chi connectivity index (χ0n) is 12.9. The third-order valence-electron chi connectivity index (χ3n) is 4.04. The lowest BCUT2D eigenvalue weighted by molar-refractivity contribution is -0.121. The Kier molecular flexibility index (Phi) is 5.37. The molecule has 0 saturated heterocycles. The van der Waals surface area contributed by atoms with Crippen molar-refractivity contribution in [2.24, 2.45) is 0 Å². The molecule has 21 heavy (non-hydrogen) atoms. The van der Waals surface area contributed by atoms with Gasteiger partial charge in [-0.25, -0.2) is 0 Å². The number of amides is 1. The fourth-order valence-electron chi connectivity index (χ4n) is 2.68. The van der Waals surface area contributed by atoms with Gasteiger partial charge in [-0.05, 0) is 42.9 Å². The summed E-state index contributed by atoms with van der Waals surface area (Å²) in [6.07, 6.45) is 4.37. The molecule has 0 spiro atoms. The summed E-state index contributed by atoms with van der Waals surface area (Å²) < 4.78 is 4.95. The fourth-order valence-corrected chi connectivity index (χ4v) is 2.68. The maximum atomic E-state index is 12.0. The van der Waals surface area contributed by atoms with E-state index in [1.807, 2.05) is 6.07 Å². The monoisotopic (exact) mass is 291 g/mol. The summed E-state index contributed by atoms with van der Waals surface area (Å²) in [4.78, 5) is 12.0. The third-order valence-corrected chi connectivity index (χ3v) is 4.04. The van der Waals surface area contributed by atoms with E-state index in [1.165, 1.54) is 17.5 Å². The van der Waals surface area contributed by atoms with Crippen LogP contribution in [0.25, 0.3) is 0 Å². The molecular weight excluding hydrogens is 266 g/mol. The van der Waals surface area contributed by atoms with E-state index < -0.39 is 5.60 Å². The van der Waals surface area contributed by atoms with Gasteiger partial charge in [-0.15, -0.1) is 0 Å². The average Bonchev–Trinajstić information content (AvgIpc) is 2.91. The van der Waals surface area contributed by atoms with Gasteiger partial charge in [0.25, 0.3) is 0 Å². The number of carbonyl (C=O) groups excluding carboxylic acids is 1. The van der Waals surface area contributed by atoms with Crippen molar-refractivity contribution < 1.29 is 14.6 Å². The molecule has 1 unspecified atom stereocenters. The summed E-state index contributed by atoms with van der Waals surface area (Å²) >= 11 is 0. The SMILES string of the molecule is COCCC(C)(O)CNC(=O)Cc1ccc2c(c1)CCC2. The molecule has 0 aliphatic heterocycles. The lowest BCUT2D eigenvalue weighted by Gasteiger charge is -2.23. The van der Waals surface area contributed by atoms with Crippen molar-refractivity contribution in [1.82, 2.24) is 5.32 Å². The van der Waals surface area contributed by atoms with E-state index in [2.05, 4.69) is 17.4 Å². The van der Waals surface area contributed by atoms with Crippen LogP contribution >= 0.6 is 0 Å². The Balaban J connectivity index is 1.82. The Hall–Kier alpha value is -1.39. The first kappa shape index (κ1) is 16.0. The molecule has 1 aromatic carbocycles. The molecule has 4 heteroatoms. The molecule has 1 amide bonds. The standard InChI is InChI=1S/C17H25NO3/c1-17(20,8-9-21-2)12-18-16(19)11-13-6-7-14-4-3-5-15(14)10-13/h6-7,10,20H,3-5,8-9,11-12H2,1-2H3,(H,18,19). The van der Waals surface area contributed by atoms with Crippen LogP contribution in [0.5, 0.6) is 0 Å². The van der Waals surface area contributed by atoms with Crippen LogP contribution in [0.15, 0.2) is 18.2 Å². The zero-order valence-corrected chi connectivity index (χ0v) is 12.9. The maximum absolute atomic E-state index is 12.0. The van der Waals surface area contributed by atoms with Gasteiger partial charge in [-0.2, -0.15) is 0 Å². The van der Waals surface area contributed by atoms with Crippen molar-refractivity contribution in [2.75, 3.05) is 20.3 Å². The van der Waals surface area contributed by atoms with Crippen LogP contribution in [0.3, 0.4) is 0 Å². The topological polar surface area (TPSA) is 58.6 Å². The van der Waals surface area contributed by atoms with E-state index >= 15 is 0 Å². The van der Waals surface area contributed by atoms with Gasteiger partial charge in [-0.3, -0.25) is 4.79 Å². The highest BCUT2D eigenvalue weighted by molar-refractivity contribution is 5.78. The van der Waals surface area contributed by atoms with Crippen LogP contribution in [0.1, 0.15) is 36.5 Å². The zero-order chi connectivity index (χ0) is 15.3. The number of methoxy groups -OCH3 is 1. The van der Waals surface area contributed by atoms with Crippen LogP contribution in [-0.4, -0.2) is 36.9 Å². The van der Waals surface area contributed by atoms with Crippen LogP contribution in [0.2, 0.25) is 0 Å². The minimum Gasteiger partial charge on any atom is -0.388 e. The van der Waals surface area contributed by atoms with Crippen molar-refractivity contribution >= 4 is 5.91 Å². The van der Waals surface area contributed by atoms with Gasteiger partial charge in [-0.1, -0.05) is 18.2 Å². The van der Waals surface area contributed by atoms with E-state index in [-0.39, 0.29) is 12.5 Å². The normalized spacial score (nSPS) is 16.3. The van der Waals surface area contributed by atoms with Gasteiger partial charge in [0.2, 0.25) is 5.91 Å². The first-order valence-electron chi connectivity index (χ1n) is 7.59. The van der Waals surface area contributed by atoms with E-state index in [4.69, 9.17) is 4.74 Å². The molecule has 0 saturated carbocycles. The molecule has 116 valence electrons. The smallest absolute Gasteiger partial charge is 0.224 e. The van der Waals surface area contributed by atoms with Crippen LogP contribution in [0, 0.1) is 0 Å². The van der Waals surface area contributed by atoms with Crippen molar-refractivity contribution in [3.05, 3.63) is 34.9 Å². The van der Waals surface area contributed by atoms with Gasteiger partial charge in [0, 0.05) is 26.7 Å². The lowest BCUT2D eigenvalue weighted by atomic mass is 10.0. The molecule has 0 fully saturated rings. The van der Waals surface area contributed by atoms with Crippen LogP contribution in [-0.2, 0) is 28.8 Å². The van der Waals surface area contributed by atoms with Crippen molar-refractivity contribution in [1.29, 1.82) is 0 Å². The predicted octanol–water partition coefficient (Wildman–Crippen LogP) is 1.62. The second-order valence-electron chi connectivity index (χ2n) is 6.15. The molecular formula is C17H25NO3. The summed E-state index contributed by atoms with van der Waals surface area (Å²) in [5.41, 5.74) is 2.92. The molecule has 1 aliphatic rings. The van der Waals surface area contributed by atoms with Crippen LogP contribution in [0.4, 0.5) is 0 Å². The van der Waals surface area contributed by atoms with Gasteiger partial charge in [0.1, 0.15) is 0 Å². The number of nitrogens with one attached hydrogen (secondary N) is 1. The number of hydrogen-bond acceptors (Lipinski definition) is 3. The summed E-state index contributed by atoms with van der Waals surface area (Å²) in [6.45, 7) is 2.44. The second kappa shape index (κ2) is 7.05. The highest BCUT2D eigenvalue weighted by Gasteiger charge is 2.21. The molecule has 1 aromatic rings. The number of benzene rings is 1. The molecule has 4 nitrogen and oxygen atoms in total. The largest absolute Gasteiger partial charge is 0.388 e. The van der Waals surface area contributed by atoms with Gasteiger partial charge >= 0.3 is 0 Å². The third kappa shape index (κ3) is 4.83. The van der Waals surface area contributed by atoms with E-state index in [0.717, 1.165) is 18.4 Å². The highest BCUT2D eigenvalue weighted by Crippen LogP contribution is 2.23. The van der Waals surface area contributed by atoms with Gasteiger partial charge < -0.3 is 15.2 Å². The summed E-state index contributed by atoms with van der Waals surface area (Å²) in [7, 11) is 1.60. The maximum Gasteiger partial charge on any atom is 0.224 e. The number of aryl methyl sites for hydroxylation is 2. The molecule has 0 heterocycles. The van der Waals surface area contributed by atoms with Crippen molar-refractivity contribution in [3.8, 4) is 0 Å². The number of carbonyl (C=O) groups is 1. The Morgan fingerprint density at radius 3 is 2.90 bits per heavy atom. The Morgan fingerprint density at radius 2 is 2.14 bits per heavy atom. The van der Waals surface area contributed by atoms with E-state index in [1.54, 1.807) is 14.0 Å².